The van der Waals surface area contributed by atoms with Gasteiger partial charge in [-0.3, -0.25) is 4.79 Å². The van der Waals surface area contributed by atoms with Crippen LogP contribution in [0.4, 0.5) is 4.39 Å². The second-order valence-corrected chi connectivity index (χ2v) is 8.07. The molecule has 130 valence electrons. The zero-order valence-corrected chi connectivity index (χ0v) is 15.3. The lowest BCUT2D eigenvalue weighted by Crippen LogP contribution is -2.38. The highest BCUT2D eigenvalue weighted by atomic mass is 32.2. The van der Waals surface area contributed by atoms with Crippen molar-refractivity contribution in [3.63, 3.8) is 0 Å². The van der Waals surface area contributed by atoms with Gasteiger partial charge in [-0.25, -0.2) is 4.39 Å². The number of thioether (sulfide) groups is 1. The summed E-state index contributed by atoms with van der Waals surface area (Å²) in [6.45, 7) is 1.84. The maximum Gasteiger partial charge on any atom is 0.230 e. The standard InChI is InChI=1S/C19H18FNO2S2/c1-19(23,17-10-13-4-2-3-5-16(13)25-17)12-21-18(22)11-24-15-8-6-14(20)7-9-15/h2-10,23H,11-12H2,1H3,(H,21,22)/t19-/m1/s1. The summed E-state index contributed by atoms with van der Waals surface area (Å²) in [5, 5.41) is 14.6. The van der Waals surface area contributed by atoms with Crippen LogP contribution in [-0.2, 0) is 10.4 Å². The summed E-state index contributed by atoms with van der Waals surface area (Å²) in [5.74, 6) is -0.252. The Morgan fingerprint density at radius 3 is 2.68 bits per heavy atom. The normalized spacial score (nSPS) is 13.6. The number of carbonyl (C=O) groups is 1. The van der Waals surface area contributed by atoms with Gasteiger partial charge in [-0.15, -0.1) is 23.1 Å². The molecule has 0 saturated carbocycles. The highest BCUT2D eigenvalue weighted by molar-refractivity contribution is 8.00. The van der Waals surface area contributed by atoms with E-state index >= 15 is 0 Å². The van der Waals surface area contributed by atoms with Gasteiger partial charge in [-0.05, 0) is 48.7 Å². The average Bonchev–Trinajstić information content (AvgIpc) is 3.05. The van der Waals surface area contributed by atoms with E-state index in [0.717, 1.165) is 19.9 Å². The zero-order valence-electron chi connectivity index (χ0n) is 13.7. The van der Waals surface area contributed by atoms with Crippen molar-refractivity contribution in [3.8, 4) is 0 Å². The molecule has 0 unspecified atom stereocenters. The number of rotatable bonds is 6. The van der Waals surface area contributed by atoms with Gasteiger partial charge in [-0.2, -0.15) is 0 Å². The van der Waals surface area contributed by atoms with Gasteiger partial charge in [0.15, 0.2) is 0 Å². The number of carbonyl (C=O) groups excluding carboxylic acids is 1. The van der Waals surface area contributed by atoms with Gasteiger partial charge < -0.3 is 10.4 Å². The van der Waals surface area contributed by atoms with E-state index in [-0.39, 0.29) is 24.0 Å². The van der Waals surface area contributed by atoms with E-state index < -0.39 is 5.60 Å². The van der Waals surface area contributed by atoms with Gasteiger partial charge in [0.2, 0.25) is 5.91 Å². The first-order valence-electron chi connectivity index (χ1n) is 7.80. The Labute approximate surface area is 153 Å². The molecule has 25 heavy (non-hydrogen) atoms. The van der Waals surface area contributed by atoms with Gasteiger partial charge >= 0.3 is 0 Å². The number of nitrogens with one attached hydrogen (secondary N) is 1. The smallest absolute Gasteiger partial charge is 0.230 e. The van der Waals surface area contributed by atoms with E-state index in [1.165, 1.54) is 35.2 Å². The minimum Gasteiger partial charge on any atom is -0.383 e. The van der Waals surface area contributed by atoms with Crippen LogP contribution < -0.4 is 5.32 Å². The predicted octanol–water partition coefficient (Wildman–Crippen LogP) is 4.16. The molecule has 3 nitrogen and oxygen atoms in total. The molecule has 1 amide bonds. The third-order valence-corrected chi connectivity index (χ3v) is 6.15. The van der Waals surface area contributed by atoms with E-state index in [0.29, 0.717) is 0 Å². The van der Waals surface area contributed by atoms with Crippen LogP contribution in [0.5, 0.6) is 0 Å². The van der Waals surface area contributed by atoms with Crippen LogP contribution in [0.2, 0.25) is 0 Å². The van der Waals surface area contributed by atoms with E-state index in [1.54, 1.807) is 19.1 Å². The van der Waals surface area contributed by atoms with Crippen molar-refractivity contribution in [3.05, 3.63) is 65.3 Å². The number of aliphatic hydroxyl groups is 1. The first-order chi connectivity index (χ1) is 11.9. The van der Waals surface area contributed by atoms with Crippen LogP contribution in [0.3, 0.4) is 0 Å². The Hall–Kier alpha value is -1.89. The lowest BCUT2D eigenvalue weighted by molar-refractivity contribution is -0.119. The molecule has 2 N–H and O–H groups in total. The van der Waals surface area contributed by atoms with Gasteiger partial charge in [0.25, 0.3) is 0 Å². The Bertz CT molecular complexity index is 842. The molecule has 6 heteroatoms. The molecule has 0 saturated heterocycles. The van der Waals surface area contributed by atoms with Crippen LogP contribution in [-0.4, -0.2) is 23.3 Å². The summed E-state index contributed by atoms with van der Waals surface area (Å²) >= 11 is 2.86. The lowest BCUT2D eigenvalue weighted by Gasteiger charge is -2.22. The molecule has 2 aromatic carbocycles. The Morgan fingerprint density at radius 1 is 1.24 bits per heavy atom. The molecule has 0 bridgehead atoms. The van der Waals surface area contributed by atoms with Crippen molar-refractivity contribution in [2.45, 2.75) is 17.4 Å². The SMILES string of the molecule is C[C@@](O)(CNC(=O)CSc1ccc(F)cc1)c1cc2ccccc2s1. The highest BCUT2D eigenvalue weighted by Crippen LogP contribution is 2.32. The van der Waals surface area contributed by atoms with Gasteiger partial charge in [0.1, 0.15) is 11.4 Å². The summed E-state index contributed by atoms with van der Waals surface area (Å²) in [6.07, 6.45) is 0. The van der Waals surface area contributed by atoms with Crippen LogP contribution in [0.1, 0.15) is 11.8 Å². The molecular weight excluding hydrogens is 357 g/mol. The number of halogens is 1. The Balaban J connectivity index is 1.55. The van der Waals surface area contributed by atoms with Crippen molar-refractivity contribution < 1.29 is 14.3 Å². The van der Waals surface area contributed by atoms with Crippen LogP contribution in [0, 0.1) is 5.82 Å². The Morgan fingerprint density at radius 2 is 1.96 bits per heavy atom. The molecule has 0 radical (unpaired) electrons. The molecule has 0 fully saturated rings. The first-order valence-corrected chi connectivity index (χ1v) is 9.61. The quantitative estimate of drug-likeness (QED) is 0.636. The molecule has 1 atom stereocenters. The van der Waals surface area contributed by atoms with Crippen molar-refractivity contribution >= 4 is 39.1 Å². The number of benzene rings is 2. The number of hydrogen-bond acceptors (Lipinski definition) is 4. The lowest BCUT2D eigenvalue weighted by atomic mass is 10.0. The number of fused-ring (bicyclic) bond motifs is 1. The molecule has 1 aromatic heterocycles. The fraction of sp³-hybridized carbons (Fsp3) is 0.211. The van der Waals surface area contributed by atoms with Gasteiger partial charge in [0, 0.05) is 14.5 Å². The van der Waals surface area contributed by atoms with E-state index in [1.807, 2.05) is 30.3 Å². The monoisotopic (exact) mass is 375 g/mol. The highest BCUT2D eigenvalue weighted by Gasteiger charge is 2.26. The first kappa shape index (κ1) is 17.9. The predicted molar refractivity (Wildman–Crippen MR) is 102 cm³/mol. The average molecular weight is 375 g/mol. The fourth-order valence-corrected chi connectivity index (χ4v) is 4.17. The summed E-state index contributed by atoms with van der Waals surface area (Å²) in [7, 11) is 0. The van der Waals surface area contributed by atoms with E-state index in [4.69, 9.17) is 0 Å². The maximum atomic E-state index is 12.9. The molecule has 0 aliphatic heterocycles. The molecule has 0 aliphatic rings. The second kappa shape index (κ2) is 7.56. The third kappa shape index (κ3) is 4.60. The fourth-order valence-electron chi connectivity index (χ4n) is 2.34. The summed E-state index contributed by atoms with van der Waals surface area (Å²) in [4.78, 5) is 13.7. The largest absolute Gasteiger partial charge is 0.383 e. The molecule has 0 spiro atoms. The minimum atomic E-state index is -1.13. The van der Waals surface area contributed by atoms with E-state index in [2.05, 4.69) is 5.32 Å². The molecule has 1 heterocycles. The number of hydrogen-bond donors (Lipinski definition) is 2. The summed E-state index contributed by atoms with van der Waals surface area (Å²) in [6, 6.07) is 15.9. The van der Waals surface area contributed by atoms with Crippen molar-refractivity contribution in [1.82, 2.24) is 5.32 Å². The summed E-state index contributed by atoms with van der Waals surface area (Å²) < 4.78 is 14.0. The number of thiophene rings is 1. The molecule has 3 rings (SSSR count). The molecular formula is C19H18FNO2S2. The van der Waals surface area contributed by atoms with Crippen molar-refractivity contribution in [2.24, 2.45) is 0 Å². The second-order valence-electron chi connectivity index (χ2n) is 5.94. The van der Waals surface area contributed by atoms with Crippen molar-refractivity contribution in [1.29, 1.82) is 0 Å². The van der Waals surface area contributed by atoms with E-state index in [9.17, 15) is 14.3 Å². The van der Waals surface area contributed by atoms with Gasteiger partial charge in [0.05, 0.1) is 12.3 Å². The van der Waals surface area contributed by atoms with Crippen LogP contribution in [0.25, 0.3) is 10.1 Å². The molecule has 3 aromatic rings. The van der Waals surface area contributed by atoms with Crippen LogP contribution in [0.15, 0.2) is 59.5 Å². The maximum absolute atomic E-state index is 12.9. The molecule has 0 aliphatic carbocycles. The topological polar surface area (TPSA) is 49.3 Å². The third-order valence-electron chi connectivity index (χ3n) is 3.77. The van der Waals surface area contributed by atoms with Crippen molar-refractivity contribution in [2.75, 3.05) is 12.3 Å². The Kier molecular flexibility index (Phi) is 5.42. The summed E-state index contributed by atoms with van der Waals surface area (Å²) in [5.41, 5.74) is -1.13. The number of amides is 1. The van der Waals surface area contributed by atoms with Gasteiger partial charge in [-0.1, -0.05) is 18.2 Å². The minimum absolute atomic E-state index is 0.142. The van der Waals surface area contributed by atoms with Crippen LogP contribution >= 0.6 is 23.1 Å². The zero-order chi connectivity index (χ0) is 17.9.